The van der Waals surface area contributed by atoms with Gasteiger partial charge in [-0.05, 0) is 108 Å². The first-order chi connectivity index (χ1) is 17.8. The summed E-state index contributed by atoms with van der Waals surface area (Å²) < 4.78 is 5.94. The number of nitrogens with one attached hydrogen (secondary N) is 4. The number of rotatable bonds is 23. The minimum Gasteiger partial charge on any atom is -0.489 e. The van der Waals surface area contributed by atoms with Crippen molar-refractivity contribution in [2.75, 3.05) is 52.4 Å². The van der Waals surface area contributed by atoms with Gasteiger partial charge in [0.25, 0.3) is 0 Å². The lowest BCUT2D eigenvalue weighted by atomic mass is 10.1. The van der Waals surface area contributed by atoms with Crippen LogP contribution in [0.2, 0.25) is 0 Å². The lowest BCUT2D eigenvalue weighted by molar-refractivity contribution is 0.306. The van der Waals surface area contributed by atoms with Gasteiger partial charge in [-0.1, -0.05) is 55.8 Å². The molecule has 0 heterocycles. The number of ether oxygens (including phenoxy) is 1. The van der Waals surface area contributed by atoms with E-state index in [4.69, 9.17) is 10.5 Å². The van der Waals surface area contributed by atoms with Gasteiger partial charge in [0.15, 0.2) is 0 Å². The van der Waals surface area contributed by atoms with E-state index in [1.807, 2.05) is 18.2 Å². The lowest BCUT2D eigenvalue weighted by Gasteiger charge is -2.20. The molecule has 2 rings (SSSR count). The van der Waals surface area contributed by atoms with Gasteiger partial charge in [0, 0.05) is 12.6 Å². The number of nitrogens with two attached hydrogens (primary N) is 1. The zero-order valence-corrected chi connectivity index (χ0v) is 22.6. The Morgan fingerprint density at radius 3 is 2.06 bits per heavy atom. The Morgan fingerprint density at radius 2 is 1.36 bits per heavy atom. The second kappa shape index (κ2) is 21.2. The Balaban J connectivity index is 1.59. The predicted molar refractivity (Wildman–Crippen MR) is 154 cm³/mol. The van der Waals surface area contributed by atoms with Crippen LogP contribution in [0, 0.1) is 0 Å². The molecule has 0 aromatic heterocycles. The summed E-state index contributed by atoms with van der Waals surface area (Å²) in [6, 6.07) is 19.3. The molecule has 36 heavy (non-hydrogen) atoms. The molecule has 6 nitrogen and oxygen atoms in total. The van der Waals surface area contributed by atoms with E-state index in [0.717, 1.165) is 77.4 Å². The third kappa shape index (κ3) is 15.2. The summed E-state index contributed by atoms with van der Waals surface area (Å²) in [5.74, 6) is 0.923. The first-order valence-corrected chi connectivity index (χ1v) is 14.1. The fraction of sp³-hybridized carbons (Fsp3) is 0.600. The first kappa shape index (κ1) is 30.3. The SMILES string of the molecule is CCCCN[C@H](CNCCCNCCCCNCCCN)Cc1ccc(OCc2ccccc2)cc1. The summed E-state index contributed by atoms with van der Waals surface area (Å²) >= 11 is 0. The van der Waals surface area contributed by atoms with Crippen LogP contribution in [0.15, 0.2) is 54.6 Å². The minimum absolute atomic E-state index is 0.437. The molecule has 1 atom stereocenters. The van der Waals surface area contributed by atoms with Crippen LogP contribution in [0.3, 0.4) is 0 Å². The van der Waals surface area contributed by atoms with Gasteiger partial charge in [0.05, 0.1) is 0 Å². The molecule has 6 N–H and O–H groups in total. The summed E-state index contributed by atoms with van der Waals surface area (Å²) in [6.45, 7) is 11.0. The van der Waals surface area contributed by atoms with Crippen molar-refractivity contribution in [2.45, 2.75) is 64.5 Å². The van der Waals surface area contributed by atoms with Crippen molar-refractivity contribution in [3.63, 3.8) is 0 Å². The quantitative estimate of drug-likeness (QED) is 0.150. The van der Waals surface area contributed by atoms with Gasteiger partial charge in [0.2, 0.25) is 0 Å². The Kier molecular flexibility index (Phi) is 17.8. The molecular weight excluding hydrogens is 446 g/mol. The summed E-state index contributed by atoms with van der Waals surface area (Å²) in [5, 5.41) is 14.4. The maximum Gasteiger partial charge on any atom is 0.119 e. The predicted octanol–water partition coefficient (Wildman–Crippen LogP) is 3.85. The van der Waals surface area contributed by atoms with Crippen molar-refractivity contribution in [1.82, 2.24) is 21.3 Å². The molecule has 6 heteroatoms. The summed E-state index contributed by atoms with van der Waals surface area (Å²) in [5.41, 5.74) is 8.04. The summed E-state index contributed by atoms with van der Waals surface area (Å²) in [6.07, 6.45) is 8.13. The Bertz CT molecular complexity index is 741. The molecule has 0 aliphatic heterocycles. The zero-order chi connectivity index (χ0) is 25.5. The number of hydrogen-bond donors (Lipinski definition) is 5. The number of hydrogen-bond acceptors (Lipinski definition) is 6. The van der Waals surface area contributed by atoms with Gasteiger partial charge in [-0.3, -0.25) is 0 Å². The lowest BCUT2D eigenvalue weighted by Crippen LogP contribution is -2.41. The van der Waals surface area contributed by atoms with Gasteiger partial charge in [-0.15, -0.1) is 0 Å². The van der Waals surface area contributed by atoms with Crippen LogP contribution in [0.5, 0.6) is 5.75 Å². The van der Waals surface area contributed by atoms with E-state index in [-0.39, 0.29) is 0 Å². The third-order valence-electron chi connectivity index (χ3n) is 6.23. The minimum atomic E-state index is 0.437. The van der Waals surface area contributed by atoms with Gasteiger partial charge in [-0.2, -0.15) is 0 Å². The van der Waals surface area contributed by atoms with Crippen molar-refractivity contribution in [3.05, 3.63) is 65.7 Å². The van der Waals surface area contributed by atoms with Crippen molar-refractivity contribution < 1.29 is 4.74 Å². The van der Waals surface area contributed by atoms with E-state index >= 15 is 0 Å². The zero-order valence-electron chi connectivity index (χ0n) is 22.6. The molecule has 2 aromatic rings. The molecule has 0 aliphatic rings. The third-order valence-corrected chi connectivity index (χ3v) is 6.23. The molecule has 2 aromatic carbocycles. The molecule has 0 unspecified atom stereocenters. The van der Waals surface area contributed by atoms with E-state index in [1.165, 1.54) is 36.8 Å². The summed E-state index contributed by atoms with van der Waals surface area (Å²) in [7, 11) is 0. The highest BCUT2D eigenvalue weighted by Crippen LogP contribution is 2.15. The van der Waals surface area contributed by atoms with Gasteiger partial charge in [-0.25, -0.2) is 0 Å². The van der Waals surface area contributed by atoms with Crippen LogP contribution in [0.1, 0.15) is 56.6 Å². The molecule has 0 fully saturated rings. The molecule has 0 radical (unpaired) electrons. The second-order valence-electron chi connectivity index (χ2n) is 9.53. The van der Waals surface area contributed by atoms with Crippen LogP contribution >= 0.6 is 0 Å². The Morgan fingerprint density at radius 1 is 0.694 bits per heavy atom. The summed E-state index contributed by atoms with van der Waals surface area (Å²) in [4.78, 5) is 0. The molecule has 0 amide bonds. The maximum atomic E-state index is 5.94. The van der Waals surface area contributed by atoms with E-state index in [0.29, 0.717) is 12.6 Å². The highest BCUT2D eigenvalue weighted by atomic mass is 16.5. The second-order valence-corrected chi connectivity index (χ2v) is 9.53. The highest BCUT2D eigenvalue weighted by Gasteiger charge is 2.09. The van der Waals surface area contributed by atoms with Crippen molar-refractivity contribution >= 4 is 0 Å². The fourth-order valence-corrected chi connectivity index (χ4v) is 4.04. The monoisotopic (exact) mass is 497 g/mol. The smallest absolute Gasteiger partial charge is 0.119 e. The molecular formula is C30H51N5O. The van der Waals surface area contributed by atoms with Crippen LogP contribution in [0.25, 0.3) is 0 Å². The van der Waals surface area contributed by atoms with Crippen LogP contribution in [-0.2, 0) is 13.0 Å². The Hall–Kier alpha value is -1.96. The largest absolute Gasteiger partial charge is 0.489 e. The van der Waals surface area contributed by atoms with Crippen molar-refractivity contribution in [1.29, 1.82) is 0 Å². The van der Waals surface area contributed by atoms with Crippen LogP contribution in [0.4, 0.5) is 0 Å². The molecule has 0 saturated carbocycles. The van der Waals surface area contributed by atoms with Crippen LogP contribution in [-0.4, -0.2) is 58.4 Å². The normalized spacial score (nSPS) is 12.1. The van der Waals surface area contributed by atoms with Crippen molar-refractivity contribution in [2.24, 2.45) is 5.73 Å². The molecule has 0 aliphatic carbocycles. The standard InChI is InChI=1S/C30H51N5O/c1-2-3-23-35-29(25-34-22-10-21-33-19-8-7-18-32-20-9-17-31)24-27-13-15-30(16-14-27)36-26-28-11-5-4-6-12-28/h4-6,11-16,29,32-35H,2-3,7-10,17-26,31H2,1H3/t29-/m0/s1. The fourth-order valence-electron chi connectivity index (χ4n) is 4.04. The molecule has 0 saturated heterocycles. The average Bonchev–Trinajstić information content (AvgIpc) is 2.91. The number of unbranched alkanes of at least 4 members (excludes halogenated alkanes) is 2. The van der Waals surface area contributed by atoms with Gasteiger partial charge < -0.3 is 31.7 Å². The Labute approximate surface area is 220 Å². The van der Waals surface area contributed by atoms with E-state index in [1.54, 1.807) is 0 Å². The average molecular weight is 498 g/mol. The number of benzene rings is 2. The van der Waals surface area contributed by atoms with E-state index in [2.05, 4.69) is 64.6 Å². The van der Waals surface area contributed by atoms with Gasteiger partial charge >= 0.3 is 0 Å². The highest BCUT2D eigenvalue weighted by molar-refractivity contribution is 5.28. The van der Waals surface area contributed by atoms with E-state index < -0.39 is 0 Å². The maximum absolute atomic E-state index is 5.94. The molecule has 202 valence electrons. The van der Waals surface area contributed by atoms with Gasteiger partial charge in [0.1, 0.15) is 12.4 Å². The topological polar surface area (TPSA) is 83.4 Å². The molecule has 0 bridgehead atoms. The first-order valence-electron chi connectivity index (χ1n) is 14.1. The van der Waals surface area contributed by atoms with Crippen LogP contribution < -0.4 is 31.7 Å². The van der Waals surface area contributed by atoms with E-state index in [9.17, 15) is 0 Å². The molecule has 0 spiro atoms. The van der Waals surface area contributed by atoms with Crippen molar-refractivity contribution in [3.8, 4) is 5.75 Å².